The molecule has 0 saturated carbocycles. The zero-order valence-electron chi connectivity index (χ0n) is 18.1. The minimum atomic E-state index is -0.343. The van der Waals surface area contributed by atoms with Crippen LogP contribution < -0.4 is 11.1 Å². The molecule has 9 heteroatoms. The van der Waals surface area contributed by atoms with Crippen molar-refractivity contribution in [2.75, 3.05) is 25.5 Å². The van der Waals surface area contributed by atoms with Gasteiger partial charge in [-0.05, 0) is 36.6 Å². The summed E-state index contributed by atoms with van der Waals surface area (Å²) < 4.78 is 1.98. The third kappa shape index (κ3) is 3.26. The third-order valence-corrected chi connectivity index (χ3v) is 6.21. The van der Waals surface area contributed by atoms with Gasteiger partial charge in [0.2, 0.25) is 5.91 Å². The van der Waals surface area contributed by atoms with Crippen molar-refractivity contribution in [2.45, 2.75) is 12.8 Å². The second-order valence-corrected chi connectivity index (χ2v) is 8.28. The molecule has 4 aromatic rings. The first-order chi connectivity index (χ1) is 15.5. The van der Waals surface area contributed by atoms with Crippen LogP contribution in [0.5, 0.6) is 0 Å². The van der Waals surface area contributed by atoms with Crippen LogP contribution in [0.4, 0.5) is 5.82 Å². The molecule has 1 unspecified atom stereocenters. The highest BCUT2D eigenvalue weighted by Gasteiger charge is 2.27. The number of fused-ring (bicyclic) bond motifs is 3. The first kappa shape index (κ1) is 20.0. The molecule has 1 aliphatic rings. The number of rotatable bonds is 4. The van der Waals surface area contributed by atoms with Crippen LogP contribution in [0.1, 0.15) is 23.2 Å². The summed E-state index contributed by atoms with van der Waals surface area (Å²) in [5.74, 6) is 0.000597. The zero-order valence-corrected chi connectivity index (χ0v) is 18.1. The van der Waals surface area contributed by atoms with E-state index in [0.29, 0.717) is 24.5 Å². The summed E-state index contributed by atoms with van der Waals surface area (Å²) in [6, 6.07) is 9.55. The molecule has 0 spiro atoms. The van der Waals surface area contributed by atoms with Crippen molar-refractivity contribution < 1.29 is 9.59 Å². The molecule has 1 aromatic carbocycles. The molecule has 32 heavy (non-hydrogen) atoms. The van der Waals surface area contributed by atoms with Gasteiger partial charge in [0.25, 0.3) is 5.91 Å². The molecule has 4 heterocycles. The lowest BCUT2D eigenvalue weighted by atomic mass is 9.96. The number of H-pyrrole nitrogens is 1. The van der Waals surface area contributed by atoms with Gasteiger partial charge in [0.05, 0.1) is 17.8 Å². The van der Waals surface area contributed by atoms with Gasteiger partial charge in [0, 0.05) is 43.8 Å². The van der Waals surface area contributed by atoms with Crippen LogP contribution in [0.25, 0.3) is 33.3 Å². The van der Waals surface area contributed by atoms with Crippen molar-refractivity contribution in [1.29, 1.82) is 0 Å². The Labute approximate surface area is 184 Å². The van der Waals surface area contributed by atoms with Crippen LogP contribution in [-0.2, 0) is 11.8 Å². The maximum absolute atomic E-state index is 13.1. The molecular formula is C23H25N7O2. The lowest BCUT2D eigenvalue weighted by molar-refractivity contribution is -0.123. The first-order valence-corrected chi connectivity index (χ1v) is 10.7. The van der Waals surface area contributed by atoms with Crippen LogP contribution in [-0.4, -0.2) is 56.4 Å². The number of amides is 2. The summed E-state index contributed by atoms with van der Waals surface area (Å²) in [5, 5.41) is 4.07. The van der Waals surface area contributed by atoms with Crippen LogP contribution in [0.2, 0.25) is 0 Å². The van der Waals surface area contributed by atoms with E-state index in [1.54, 1.807) is 17.3 Å². The van der Waals surface area contributed by atoms with Crippen LogP contribution >= 0.6 is 0 Å². The molecule has 0 bridgehead atoms. The second-order valence-electron chi connectivity index (χ2n) is 8.28. The number of carbonyl (C=O) groups excluding carboxylic acids is 2. The summed E-state index contributed by atoms with van der Waals surface area (Å²) in [6.07, 6.45) is 3.29. The summed E-state index contributed by atoms with van der Waals surface area (Å²) >= 11 is 0. The fourth-order valence-electron chi connectivity index (χ4n) is 4.52. The minimum absolute atomic E-state index is 0.0847. The van der Waals surface area contributed by atoms with Gasteiger partial charge in [-0.3, -0.25) is 9.59 Å². The Hall–Kier alpha value is -3.88. The van der Waals surface area contributed by atoms with Crippen LogP contribution in [0, 0.1) is 5.92 Å². The number of nitrogens with one attached hydrogen (secondary N) is 2. The Balaban J connectivity index is 1.52. The molecule has 1 saturated heterocycles. The van der Waals surface area contributed by atoms with Gasteiger partial charge < -0.3 is 25.5 Å². The minimum Gasteiger partial charge on any atom is -0.371 e. The summed E-state index contributed by atoms with van der Waals surface area (Å²) in [4.78, 5) is 39.0. The number of aromatic nitrogens is 4. The molecule has 0 radical (unpaired) electrons. The van der Waals surface area contributed by atoms with E-state index in [2.05, 4.69) is 20.3 Å². The first-order valence-electron chi connectivity index (χ1n) is 10.7. The number of imidazole rings is 1. The molecule has 9 nitrogen and oxygen atoms in total. The fraction of sp³-hybridized carbons (Fsp3) is 0.304. The Kier molecular flexibility index (Phi) is 4.80. The van der Waals surface area contributed by atoms with Gasteiger partial charge in [-0.2, -0.15) is 0 Å². The monoisotopic (exact) mass is 431 g/mol. The molecule has 5 rings (SSSR count). The number of anilines is 1. The molecule has 2 amide bonds. The quantitative estimate of drug-likeness (QED) is 0.458. The summed E-state index contributed by atoms with van der Waals surface area (Å²) in [6.45, 7) is 1.01. The number of likely N-dealkylation sites (tertiary alicyclic amines) is 1. The average molecular weight is 432 g/mol. The molecule has 4 N–H and O–H groups in total. The number of hydrogen-bond donors (Lipinski definition) is 3. The van der Waals surface area contributed by atoms with Crippen molar-refractivity contribution >= 4 is 39.7 Å². The number of primary amides is 1. The number of aromatic amines is 1. The molecule has 164 valence electrons. The molecule has 1 aliphatic heterocycles. The van der Waals surface area contributed by atoms with Gasteiger partial charge in [0.1, 0.15) is 11.2 Å². The van der Waals surface area contributed by atoms with Crippen molar-refractivity contribution in [3.63, 3.8) is 0 Å². The largest absolute Gasteiger partial charge is 0.371 e. The van der Waals surface area contributed by atoms with Gasteiger partial charge in [-0.1, -0.05) is 12.1 Å². The van der Waals surface area contributed by atoms with E-state index in [1.165, 1.54) is 0 Å². The number of piperidine rings is 1. The predicted octanol–water partition coefficient (Wildman–Crippen LogP) is 2.50. The van der Waals surface area contributed by atoms with Gasteiger partial charge in [-0.15, -0.1) is 0 Å². The lowest BCUT2D eigenvalue weighted by Crippen LogP contribution is -2.44. The molecule has 1 fully saturated rings. The van der Waals surface area contributed by atoms with Crippen LogP contribution in [0.3, 0.4) is 0 Å². The number of carbonyl (C=O) groups is 2. The molecule has 1 atom stereocenters. The topological polar surface area (TPSA) is 122 Å². The summed E-state index contributed by atoms with van der Waals surface area (Å²) in [5.41, 5.74) is 10.4. The van der Waals surface area contributed by atoms with Crippen molar-refractivity contribution in [1.82, 2.24) is 24.4 Å². The molecule has 3 aromatic heterocycles. The number of benzene rings is 1. The normalized spacial score (nSPS) is 16.6. The Morgan fingerprint density at radius 1 is 1.28 bits per heavy atom. The number of hydrogen-bond acceptors (Lipinski definition) is 5. The van der Waals surface area contributed by atoms with E-state index >= 15 is 0 Å². The maximum atomic E-state index is 13.1. The highest BCUT2D eigenvalue weighted by molar-refractivity contribution is 6.07. The number of pyridine rings is 1. The van der Waals surface area contributed by atoms with Gasteiger partial charge in [-0.25, -0.2) is 9.97 Å². The highest BCUT2D eigenvalue weighted by Crippen LogP contribution is 2.32. The highest BCUT2D eigenvalue weighted by atomic mass is 16.2. The van der Waals surface area contributed by atoms with Crippen molar-refractivity contribution in [3.05, 3.63) is 42.2 Å². The van der Waals surface area contributed by atoms with E-state index in [4.69, 9.17) is 5.73 Å². The SMILES string of the molecule is CNc1nc2[nH]c(-c3cccc(C(=O)N4CCCC(C(N)=O)C4)c3)cc2c2c1ncn2C. The van der Waals surface area contributed by atoms with Gasteiger partial charge >= 0.3 is 0 Å². The molecular weight excluding hydrogens is 406 g/mol. The average Bonchev–Trinajstić information content (AvgIpc) is 3.41. The fourth-order valence-corrected chi connectivity index (χ4v) is 4.52. The van der Waals surface area contributed by atoms with Crippen LogP contribution in [0.15, 0.2) is 36.7 Å². The second kappa shape index (κ2) is 7.67. The Morgan fingerprint density at radius 3 is 2.91 bits per heavy atom. The van der Waals surface area contributed by atoms with Crippen molar-refractivity contribution in [2.24, 2.45) is 18.7 Å². The standard InChI is InChI=1S/C23H25N7O2/c1-25-22-18-19(29(2)12-26-18)16-10-17(27-21(16)28-22)13-5-3-6-14(9-13)23(32)30-8-4-7-15(11-30)20(24)31/h3,5-6,9-10,12,15H,4,7-8,11H2,1-2H3,(H2,24,31)(H2,25,27,28). The number of nitrogens with two attached hydrogens (primary N) is 1. The van der Waals surface area contributed by atoms with Crippen molar-refractivity contribution in [3.8, 4) is 11.3 Å². The Bertz CT molecular complexity index is 1350. The van der Waals surface area contributed by atoms with E-state index in [-0.39, 0.29) is 17.7 Å². The number of nitrogens with zero attached hydrogens (tertiary/aromatic N) is 4. The van der Waals surface area contributed by atoms with E-state index in [9.17, 15) is 9.59 Å². The maximum Gasteiger partial charge on any atom is 0.253 e. The third-order valence-electron chi connectivity index (χ3n) is 6.21. The smallest absolute Gasteiger partial charge is 0.253 e. The Morgan fingerprint density at radius 2 is 2.12 bits per heavy atom. The van der Waals surface area contributed by atoms with E-state index < -0.39 is 0 Å². The lowest BCUT2D eigenvalue weighted by Gasteiger charge is -2.31. The summed E-state index contributed by atoms with van der Waals surface area (Å²) in [7, 11) is 3.78. The predicted molar refractivity (Wildman–Crippen MR) is 123 cm³/mol. The zero-order chi connectivity index (χ0) is 22.4. The van der Waals surface area contributed by atoms with Gasteiger partial charge in [0.15, 0.2) is 5.82 Å². The van der Waals surface area contributed by atoms with E-state index in [0.717, 1.165) is 46.2 Å². The number of aryl methyl sites for hydroxylation is 1. The molecule has 0 aliphatic carbocycles. The van der Waals surface area contributed by atoms with E-state index in [1.807, 2.05) is 42.9 Å².